The van der Waals surface area contributed by atoms with Gasteiger partial charge in [0, 0.05) is 4.88 Å². The molecule has 6 heteroatoms. The molecule has 24 heavy (non-hydrogen) atoms. The number of hydrogen-bond donors (Lipinski definition) is 2. The summed E-state index contributed by atoms with van der Waals surface area (Å²) in [6, 6.07) is 9.27. The van der Waals surface area contributed by atoms with Crippen molar-refractivity contribution in [2.24, 2.45) is 0 Å². The summed E-state index contributed by atoms with van der Waals surface area (Å²) in [5.74, 6) is -0.457. The Morgan fingerprint density at radius 3 is 2.67 bits per heavy atom. The van der Waals surface area contributed by atoms with Gasteiger partial charge in [0.05, 0.1) is 6.54 Å². The van der Waals surface area contributed by atoms with Gasteiger partial charge in [0.25, 0.3) is 5.91 Å². The number of carbonyl (C=O) groups excluding carboxylic acids is 1. The van der Waals surface area contributed by atoms with Crippen LogP contribution in [0.15, 0.2) is 30.3 Å². The SMILES string of the molecule is O=C(COc1ccc2c(c1)CCCC2)NCc1ccc(C(=O)O)s1. The molecule has 0 fully saturated rings. The lowest BCUT2D eigenvalue weighted by atomic mass is 9.92. The molecule has 126 valence electrons. The van der Waals surface area contributed by atoms with Gasteiger partial charge >= 0.3 is 5.97 Å². The van der Waals surface area contributed by atoms with Crippen LogP contribution in [-0.2, 0) is 24.2 Å². The van der Waals surface area contributed by atoms with Crippen LogP contribution in [0.1, 0.15) is 38.5 Å². The largest absolute Gasteiger partial charge is 0.484 e. The predicted octanol–water partition coefficient (Wildman–Crippen LogP) is 3.02. The van der Waals surface area contributed by atoms with Crippen LogP contribution in [0.5, 0.6) is 5.75 Å². The minimum Gasteiger partial charge on any atom is -0.484 e. The van der Waals surface area contributed by atoms with Gasteiger partial charge < -0.3 is 15.2 Å². The van der Waals surface area contributed by atoms with Gasteiger partial charge in [-0.2, -0.15) is 0 Å². The highest BCUT2D eigenvalue weighted by molar-refractivity contribution is 7.13. The number of amides is 1. The van der Waals surface area contributed by atoms with E-state index < -0.39 is 5.97 Å². The van der Waals surface area contributed by atoms with E-state index >= 15 is 0 Å². The van der Waals surface area contributed by atoms with E-state index in [-0.39, 0.29) is 17.4 Å². The molecule has 3 rings (SSSR count). The number of fused-ring (bicyclic) bond motifs is 1. The molecule has 1 amide bonds. The van der Waals surface area contributed by atoms with Crippen LogP contribution in [0.3, 0.4) is 0 Å². The number of carbonyl (C=O) groups is 2. The van der Waals surface area contributed by atoms with Crippen LogP contribution >= 0.6 is 11.3 Å². The molecule has 2 N–H and O–H groups in total. The van der Waals surface area contributed by atoms with Crippen LogP contribution in [0.2, 0.25) is 0 Å². The fraction of sp³-hybridized carbons (Fsp3) is 0.333. The van der Waals surface area contributed by atoms with Gasteiger partial charge in [0.1, 0.15) is 10.6 Å². The van der Waals surface area contributed by atoms with E-state index in [2.05, 4.69) is 11.4 Å². The summed E-state index contributed by atoms with van der Waals surface area (Å²) in [5, 5.41) is 11.6. The minimum absolute atomic E-state index is 0.0457. The maximum absolute atomic E-state index is 11.9. The van der Waals surface area contributed by atoms with Gasteiger partial charge in [-0.1, -0.05) is 6.07 Å². The molecule has 0 aliphatic heterocycles. The summed E-state index contributed by atoms with van der Waals surface area (Å²) in [6.07, 6.45) is 4.64. The zero-order chi connectivity index (χ0) is 16.9. The average molecular weight is 345 g/mol. The average Bonchev–Trinajstić information content (AvgIpc) is 3.07. The molecule has 1 aliphatic rings. The van der Waals surface area contributed by atoms with Crippen LogP contribution in [-0.4, -0.2) is 23.6 Å². The van der Waals surface area contributed by atoms with Crippen molar-refractivity contribution in [3.05, 3.63) is 51.2 Å². The summed E-state index contributed by atoms with van der Waals surface area (Å²) < 4.78 is 5.56. The second-order valence-corrected chi connectivity index (χ2v) is 6.94. The minimum atomic E-state index is -0.951. The summed E-state index contributed by atoms with van der Waals surface area (Å²) >= 11 is 1.16. The van der Waals surface area contributed by atoms with E-state index in [1.54, 1.807) is 6.07 Å². The third kappa shape index (κ3) is 4.14. The fourth-order valence-electron chi connectivity index (χ4n) is 2.77. The van der Waals surface area contributed by atoms with Crippen molar-refractivity contribution in [2.45, 2.75) is 32.2 Å². The number of aryl methyl sites for hydroxylation is 2. The standard InChI is InChI=1S/C18H19NO4S/c20-17(19-10-15-7-8-16(24-15)18(21)22)11-23-14-6-5-12-3-1-2-4-13(12)9-14/h5-9H,1-4,10-11H2,(H,19,20)(H,21,22). The van der Waals surface area contributed by atoms with Gasteiger partial charge in [-0.25, -0.2) is 4.79 Å². The van der Waals surface area contributed by atoms with Crippen molar-refractivity contribution in [3.63, 3.8) is 0 Å². The van der Waals surface area contributed by atoms with E-state index in [0.717, 1.165) is 34.8 Å². The zero-order valence-corrected chi connectivity index (χ0v) is 14.0. The molecule has 1 aliphatic carbocycles. The topological polar surface area (TPSA) is 75.6 Å². The number of nitrogens with one attached hydrogen (secondary N) is 1. The summed E-state index contributed by atoms with van der Waals surface area (Å²) in [6.45, 7) is 0.264. The zero-order valence-electron chi connectivity index (χ0n) is 13.2. The van der Waals surface area contributed by atoms with Crippen molar-refractivity contribution >= 4 is 23.2 Å². The van der Waals surface area contributed by atoms with Gasteiger partial charge in [-0.3, -0.25) is 4.79 Å². The Hall–Kier alpha value is -2.34. The first-order valence-electron chi connectivity index (χ1n) is 7.95. The Morgan fingerprint density at radius 2 is 1.92 bits per heavy atom. The summed E-state index contributed by atoms with van der Waals surface area (Å²) in [5.41, 5.74) is 2.70. The third-order valence-electron chi connectivity index (χ3n) is 4.02. The van der Waals surface area contributed by atoms with E-state index in [1.807, 2.05) is 12.1 Å². The first kappa shape index (κ1) is 16.5. The van der Waals surface area contributed by atoms with Gasteiger partial charge in [0.2, 0.25) is 0 Å². The second kappa shape index (κ2) is 7.49. The molecular formula is C18H19NO4S. The molecule has 2 aromatic rings. The lowest BCUT2D eigenvalue weighted by Gasteiger charge is -2.16. The van der Waals surface area contributed by atoms with Crippen molar-refractivity contribution in [1.82, 2.24) is 5.32 Å². The predicted molar refractivity (Wildman–Crippen MR) is 91.7 cm³/mol. The van der Waals surface area contributed by atoms with Crippen molar-refractivity contribution in [2.75, 3.05) is 6.61 Å². The normalized spacial score (nSPS) is 13.2. The lowest BCUT2D eigenvalue weighted by Crippen LogP contribution is -2.28. The van der Waals surface area contributed by atoms with E-state index in [4.69, 9.17) is 9.84 Å². The number of carboxylic acid groups (broad SMARTS) is 1. The number of carboxylic acids is 1. The van der Waals surface area contributed by atoms with E-state index in [1.165, 1.54) is 30.0 Å². The lowest BCUT2D eigenvalue weighted by molar-refractivity contribution is -0.123. The van der Waals surface area contributed by atoms with E-state index in [0.29, 0.717) is 6.54 Å². The smallest absolute Gasteiger partial charge is 0.345 e. The number of ether oxygens (including phenoxy) is 1. The molecular weight excluding hydrogens is 326 g/mol. The second-order valence-electron chi connectivity index (χ2n) is 5.77. The molecule has 1 aromatic heterocycles. The number of hydrogen-bond acceptors (Lipinski definition) is 4. The molecule has 0 radical (unpaired) electrons. The third-order valence-corrected chi connectivity index (χ3v) is 5.10. The number of benzene rings is 1. The molecule has 0 unspecified atom stereocenters. The van der Waals surface area contributed by atoms with Crippen LogP contribution in [0.4, 0.5) is 0 Å². The molecule has 1 heterocycles. The van der Waals surface area contributed by atoms with Crippen LogP contribution in [0.25, 0.3) is 0 Å². The monoisotopic (exact) mass is 345 g/mol. The Kier molecular flexibility index (Phi) is 5.15. The van der Waals surface area contributed by atoms with Crippen molar-refractivity contribution in [1.29, 1.82) is 0 Å². The highest BCUT2D eigenvalue weighted by Crippen LogP contribution is 2.25. The summed E-state index contributed by atoms with van der Waals surface area (Å²) in [7, 11) is 0. The Morgan fingerprint density at radius 1 is 1.12 bits per heavy atom. The highest BCUT2D eigenvalue weighted by atomic mass is 32.1. The molecule has 1 aromatic carbocycles. The Labute approximate surface area is 144 Å². The fourth-order valence-corrected chi connectivity index (χ4v) is 3.56. The maximum Gasteiger partial charge on any atom is 0.345 e. The van der Waals surface area contributed by atoms with Crippen molar-refractivity contribution in [3.8, 4) is 5.75 Å². The molecule has 0 spiro atoms. The van der Waals surface area contributed by atoms with Crippen LogP contribution in [0, 0.1) is 0 Å². The maximum atomic E-state index is 11.9. The highest BCUT2D eigenvalue weighted by Gasteiger charge is 2.11. The first-order valence-corrected chi connectivity index (χ1v) is 8.77. The van der Waals surface area contributed by atoms with E-state index in [9.17, 15) is 9.59 Å². The van der Waals surface area contributed by atoms with Gasteiger partial charge in [-0.15, -0.1) is 11.3 Å². The van der Waals surface area contributed by atoms with Crippen molar-refractivity contribution < 1.29 is 19.4 Å². The molecule has 5 nitrogen and oxygen atoms in total. The molecule has 0 saturated heterocycles. The molecule has 0 atom stereocenters. The summed E-state index contributed by atoms with van der Waals surface area (Å²) in [4.78, 5) is 23.8. The Balaban J connectivity index is 1.47. The Bertz CT molecular complexity index is 753. The number of rotatable bonds is 6. The van der Waals surface area contributed by atoms with Gasteiger partial charge in [0.15, 0.2) is 6.61 Å². The number of aromatic carboxylic acids is 1. The first-order chi connectivity index (χ1) is 11.6. The number of thiophene rings is 1. The molecule has 0 bridgehead atoms. The quantitative estimate of drug-likeness (QED) is 0.844. The molecule has 0 saturated carbocycles. The van der Waals surface area contributed by atoms with Gasteiger partial charge in [-0.05, 0) is 61.1 Å². The van der Waals surface area contributed by atoms with Crippen LogP contribution < -0.4 is 10.1 Å².